The van der Waals surface area contributed by atoms with E-state index in [1.165, 1.54) is 0 Å². The van der Waals surface area contributed by atoms with E-state index in [1.54, 1.807) is 0 Å². The quantitative estimate of drug-likeness (QED) is 0.175. The molecule has 0 amide bonds. The van der Waals surface area contributed by atoms with Crippen LogP contribution in [0.25, 0.3) is 100 Å². The molecule has 6 heteroatoms. The van der Waals surface area contributed by atoms with Gasteiger partial charge in [-0.3, -0.25) is 0 Å². The van der Waals surface area contributed by atoms with Crippen LogP contribution >= 0.6 is 0 Å². The fraction of sp³-hybridized carbons (Fsp3) is 0. The highest BCUT2D eigenvalue weighted by Gasteiger charge is 2.21. The molecule has 1 aliphatic heterocycles. The Morgan fingerprint density at radius 1 is 0.310 bits per heavy atom. The van der Waals surface area contributed by atoms with Gasteiger partial charge in [-0.1, -0.05) is 103 Å². The van der Waals surface area contributed by atoms with Crippen LogP contribution in [-0.4, -0.2) is 9.97 Å². The maximum Gasteiger partial charge on any atom is 0.170 e. The summed E-state index contributed by atoms with van der Waals surface area (Å²) in [5.74, 6) is 3.33. The zero-order valence-electron chi connectivity index (χ0n) is 30.8. The van der Waals surface area contributed by atoms with Crippen molar-refractivity contribution in [2.75, 3.05) is 0 Å². The summed E-state index contributed by atoms with van der Waals surface area (Å²) < 4.78 is 25.3. The van der Waals surface area contributed by atoms with E-state index in [1.807, 2.05) is 103 Å². The Bertz CT molecular complexity index is 3420. The van der Waals surface area contributed by atoms with Gasteiger partial charge in [0.15, 0.2) is 28.8 Å². The molecule has 0 unspecified atom stereocenters. The maximum absolute atomic E-state index is 6.52. The molecule has 8 aromatic carbocycles. The van der Waals surface area contributed by atoms with Gasteiger partial charge in [0.2, 0.25) is 0 Å². The largest absolute Gasteiger partial charge is 0.456 e. The molecule has 3 aromatic heterocycles. The zero-order chi connectivity index (χ0) is 38.2. The van der Waals surface area contributed by atoms with E-state index >= 15 is 0 Å². The Morgan fingerprint density at radius 2 is 0.897 bits per heavy atom. The summed E-state index contributed by atoms with van der Waals surface area (Å²) in [6.07, 6.45) is 0. The first kappa shape index (κ1) is 32.3. The molecule has 1 aliphatic rings. The summed E-state index contributed by atoms with van der Waals surface area (Å²) >= 11 is 0. The molecule has 0 bridgehead atoms. The Balaban J connectivity index is 1.08. The zero-order valence-corrected chi connectivity index (χ0v) is 30.8. The number of aromatic nitrogens is 2. The first-order valence-electron chi connectivity index (χ1n) is 19.2. The second kappa shape index (κ2) is 12.8. The maximum atomic E-state index is 6.52. The first-order valence-corrected chi connectivity index (χ1v) is 19.2. The van der Waals surface area contributed by atoms with Gasteiger partial charge in [0.25, 0.3) is 0 Å². The van der Waals surface area contributed by atoms with Crippen molar-refractivity contribution in [3.63, 3.8) is 0 Å². The minimum Gasteiger partial charge on any atom is -0.456 e. The molecule has 0 atom stereocenters. The molecule has 4 heterocycles. The fourth-order valence-electron chi connectivity index (χ4n) is 8.12. The predicted octanol–water partition coefficient (Wildman–Crippen LogP) is 14.5. The number of benzene rings is 8. The molecule has 0 spiro atoms. The van der Waals surface area contributed by atoms with Crippen LogP contribution in [0.15, 0.2) is 191 Å². The fourth-order valence-corrected chi connectivity index (χ4v) is 8.12. The second-order valence-corrected chi connectivity index (χ2v) is 14.5. The predicted molar refractivity (Wildman–Crippen MR) is 230 cm³/mol. The van der Waals surface area contributed by atoms with Crippen LogP contribution < -0.4 is 9.47 Å². The third-order valence-electron chi connectivity index (χ3n) is 10.9. The number of para-hydroxylation sites is 5. The lowest BCUT2D eigenvalue weighted by Crippen LogP contribution is -1.99. The van der Waals surface area contributed by atoms with Crippen molar-refractivity contribution in [2.24, 2.45) is 0 Å². The van der Waals surface area contributed by atoms with Crippen molar-refractivity contribution in [2.45, 2.75) is 0 Å². The van der Waals surface area contributed by atoms with Gasteiger partial charge in [-0.15, -0.1) is 0 Å². The molecule has 11 aromatic rings. The van der Waals surface area contributed by atoms with E-state index in [2.05, 4.69) is 78.9 Å². The molecule has 0 N–H and O–H groups in total. The average Bonchev–Trinajstić information content (AvgIpc) is 3.86. The number of hydrogen-bond acceptors (Lipinski definition) is 6. The highest BCUT2D eigenvalue weighted by molar-refractivity contribution is 6.09. The van der Waals surface area contributed by atoms with Crippen molar-refractivity contribution in [3.05, 3.63) is 182 Å². The summed E-state index contributed by atoms with van der Waals surface area (Å²) in [4.78, 5) is 10.5. The van der Waals surface area contributed by atoms with Gasteiger partial charge >= 0.3 is 0 Å². The molecule has 0 radical (unpaired) electrons. The van der Waals surface area contributed by atoms with Crippen LogP contribution in [0.2, 0.25) is 0 Å². The average molecular weight is 747 g/mol. The van der Waals surface area contributed by atoms with Gasteiger partial charge in [-0.25, -0.2) is 9.97 Å². The summed E-state index contributed by atoms with van der Waals surface area (Å²) in [5.41, 5.74) is 11.7. The number of furan rings is 2. The highest BCUT2D eigenvalue weighted by atomic mass is 16.6. The van der Waals surface area contributed by atoms with Crippen molar-refractivity contribution in [3.8, 4) is 79.2 Å². The second-order valence-electron chi connectivity index (χ2n) is 14.5. The number of hydrogen-bond donors (Lipinski definition) is 0. The van der Waals surface area contributed by atoms with Crippen LogP contribution in [0.1, 0.15) is 0 Å². The molecule has 0 saturated heterocycles. The standard InChI is InChI=1S/C52H30N2O4/c1-2-11-31(12-3-1)52-53-42(30-43(54-52)40-16-10-15-39-37-13-4-7-18-45(37)58-51(39)40)36-26-34(32-21-23-46-41(28-32)38-14-5-6-17-44(38)55-46)25-35(27-36)33-22-24-49-50(29-33)57-48-20-9-8-19-47(48)56-49/h1-30H. The van der Waals surface area contributed by atoms with E-state index in [0.717, 1.165) is 94.2 Å². The monoisotopic (exact) mass is 746 g/mol. The minimum atomic E-state index is 0.623. The van der Waals surface area contributed by atoms with Gasteiger partial charge in [0.1, 0.15) is 22.3 Å². The Kier molecular flexibility index (Phi) is 7.13. The van der Waals surface area contributed by atoms with Gasteiger partial charge in [0, 0.05) is 38.2 Å². The number of rotatable bonds is 5. The summed E-state index contributed by atoms with van der Waals surface area (Å²) in [5, 5.41) is 4.25. The van der Waals surface area contributed by atoms with Crippen molar-refractivity contribution >= 4 is 43.9 Å². The lowest BCUT2D eigenvalue weighted by atomic mass is 9.93. The molecule has 0 aliphatic carbocycles. The SMILES string of the molecule is c1ccc(-c2nc(-c3cc(-c4ccc5c(c4)Oc4ccccc4O5)cc(-c4ccc5oc6ccccc6c5c4)c3)cc(-c3cccc4c3oc3ccccc34)n2)cc1. The number of nitrogens with zero attached hydrogens (tertiary/aromatic N) is 2. The molecular weight excluding hydrogens is 717 g/mol. The minimum absolute atomic E-state index is 0.623. The molecule has 272 valence electrons. The summed E-state index contributed by atoms with van der Waals surface area (Å²) in [7, 11) is 0. The molecule has 6 nitrogen and oxygen atoms in total. The number of ether oxygens (including phenoxy) is 2. The lowest BCUT2D eigenvalue weighted by Gasteiger charge is -2.21. The Labute approximate surface area is 332 Å². The molecule has 0 saturated carbocycles. The van der Waals surface area contributed by atoms with Crippen LogP contribution in [-0.2, 0) is 0 Å². The van der Waals surface area contributed by atoms with Gasteiger partial charge < -0.3 is 18.3 Å². The smallest absolute Gasteiger partial charge is 0.170 e. The van der Waals surface area contributed by atoms with E-state index in [9.17, 15) is 0 Å². The van der Waals surface area contributed by atoms with Crippen molar-refractivity contribution in [1.82, 2.24) is 9.97 Å². The van der Waals surface area contributed by atoms with Crippen LogP contribution in [0.4, 0.5) is 0 Å². The normalized spacial score (nSPS) is 12.1. The van der Waals surface area contributed by atoms with Gasteiger partial charge in [0.05, 0.1) is 11.4 Å². The molecule has 58 heavy (non-hydrogen) atoms. The first-order chi connectivity index (χ1) is 28.7. The molecule has 12 rings (SSSR count). The van der Waals surface area contributed by atoms with Crippen LogP contribution in [0.3, 0.4) is 0 Å². The van der Waals surface area contributed by atoms with Crippen LogP contribution in [0, 0.1) is 0 Å². The third-order valence-corrected chi connectivity index (χ3v) is 10.9. The van der Waals surface area contributed by atoms with Crippen molar-refractivity contribution < 1.29 is 18.3 Å². The van der Waals surface area contributed by atoms with E-state index in [4.69, 9.17) is 28.3 Å². The Morgan fingerprint density at radius 3 is 1.71 bits per heavy atom. The topological polar surface area (TPSA) is 70.5 Å². The van der Waals surface area contributed by atoms with E-state index in [0.29, 0.717) is 28.8 Å². The van der Waals surface area contributed by atoms with Gasteiger partial charge in [-0.05, 0) is 101 Å². The van der Waals surface area contributed by atoms with E-state index in [-0.39, 0.29) is 0 Å². The van der Waals surface area contributed by atoms with Crippen LogP contribution in [0.5, 0.6) is 23.0 Å². The summed E-state index contributed by atoms with van der Waals surface area (Å²) in [6, 6.07) is 61.6. The lowest BCUT2D eigenvalue weighted by molar-refractivity contribution is 0.360. The Hall–Kier alpha value is -7.96. The number of fused-ring (bicyclic) bond motifs is 8. The highest BCUT2D eigenvalue weighted by Crippen LogP contribution is 2.47. The third kappa shape index (κ3) is 5.34. The van der Waals surface area contributed by atoms with E-state index < -0.39 is 0 Å². The summed E-state index contributed by atoms with van der Waals surface area (Å²) in [6.45, 7) is 0. The molecular formula is C52H30N2O4. The van der Waals surface area contributed by atoms with Crippen molar-refractivity contribution in [1.29, 1.82) is 0 Å². The van der Waals surface area contributed by atoms with Gasteiger partial charge in [-0.2, -0.15) is 0 Å². The molecule has 0 fully saturated rings.